The zero-order valence-corrected chi connectivity index (χ0v) is 18.8. The van der Waals surface area contributed by atoms with Crippen LogP contribution in [0, 0.1) is 13.8 Å². The number of hydrogen-bond donors (Lipinski definition) is 0. The van der Waals surface area contributed by atoms with Crippen molar-refractivity contribution in [2.45, 2.75) is 63.9 Å². The SMILES string of the molecule is COC1(C)CCN(C(=O)[C@H]2C[C@@]3(CO2)CN(Cc2sc(C)nc2C)CCO3)CC1. The van der Waals surface area contributed by atoms with Crippen LogP contribution in [0.4, 0.5) is 0 Å². The first-order chi connectivity index (χ1) is 13.8. The van der Waals surface area contributed by atoms with Crippen LogP contribution in [0.2, 0.25) is 0 Å². The predicted molar refractivity (Wildman–Crippen MR) is 111 cm³/mol. The largest absolute Gasteiger partial charge is 0.378 e. The number of aryl methyl sites for hydroxylation is 2. The Morgan fingerprint density at radius 2 is 2.07 bits per heavy atom. The van der Waals surface area contributed by atoms with Crippen LogP contribution in [0.1, 0.15) is 41.8 Å². The molecule has 3 aliphatic heterocycles. The van der Waals surface area contributed by atoms with E-state index in [2.05, 4.69) is 30.7 Å². The van der Waals surface area contributed by atoms with Crippen molar-refractivity contribution in [3.05, 3.63) is 15.6 Å². The molecular weight excluding hydrogens is 390 g/mol. The van der Waals surface area contributed by atoms with Crippen molar-refractivity contribution in [1.82, 2.24) is 14.8 Å². The predicted octanol–water partition coefficient (Wildman–Crippen LogP) is 2.15. The molecular formula is C21H33N3O4S. The van der Waals surface area contributed by atoms with Gasteiger partial charge >= 0.3 is 0 Å². The van der Waals surface area contributed by atoms with Gasteiger partial charge in [-0.3, -0.25) is 9.69 Å². The lowest BCUT2D eigenvalue weighted by Gasteiger charge is -2.40. The molecule has 1 aromatic heterocycles. The smallest absolute Gasteiger partial charge is 0.251 e. The summed E-state index contributed by atoms with van der Waals surface area (Å²) in [4.78, 5) is 23.3. The summed E-state index contributed by atoms with van der Waals surface area (Å²) in [6.45, 7) is 11.5. The molecule has 3 aliphatic rings. The first-order valence-electron chi connectivity index (χ1n) is 10.6. The number of amides is 1. The standard InChI is InChI=1S/C21H33N3O4S/c1-15-18(29-16(2)22-15)12-23-9-10-28-21(13-23)11-17(27-14-21)19(25)24-7-5-20(3,26-4)6-8-24/h17H,5-14H2,1-4H3/t17-,21+/m1/s1. The van der Waals surface area contributed by atoms with E-state index >= 15 is 0 Å². The third kappa shape index (κ3) is 4.51. The normalized spacial score (nSPS) is 30.2. The van der Waals surface area contributed by atoms with Gasteiger partial charge in [0.05, 0.1) is 29.5 Å². The Kier molecular flexibility index (Phi) is 6.01. The third-order valence-corrected chi connectivity index (χ3v) is 7.76. The summed E-state index contributed by atoms with van der Waals surface area (Å²) in [7, 11) is 1.75. The number of hydrogen-bond acceptors (Lipinski definition) is 7. The van der Waals surface area contributed by atoms with Gasteiger partial charge in [-0.1, -0.05) is 0 Å². The maximum atomic E-state index is 13.0. The lowest BCUT2D eigenvalue weighted by atomic mass is 9.92. The summed E-state index contributed by atoms with van der Waals surface area (Å²) in [6, 6.07) is 0. The van der Waals surface area contributed by atoms with Crippen molar-refractivity contribution in [3.63, 3.8) is 0 Å². The van der Waals surface area contributed by atoms with Crippen LogP contribution in [0.3, 0.4) is 0 Å². The van der Waals surface area contributed by atoms with Crippen molar-refractivity contribution in [3.8, 4) is 0 Å². The number of aromatic nitrogens is 1. The topological polar surface area (TPSA) is 64.1 Å². The number of piperidine rings is 1. The van der Waals surface area contributed by atoms with E-state index < -0.39 is 6.10 Å². The van der Waals surface area contributed by atoms with Gasteiger partial charge in [0.2, 0.25) is 0 Å². The Bertz CT molecular complexity index is 746. The lowest BCUT2D eigenvalue weighted by molar-refractivity contribution is -0.145. The third-order valence-electron chi connectivity index (χ3n) is 6.70. The highest BCUT2D eigenvalue weighted by atomic mass is 32.1. The molecule has 3 saturated heterocycles. The van der Waals surface area contributed by atoms with Crippen LogP contribution in [-0.2, 0) is 25.5 Å². The molecule has 0 saturated carbocycles. The molecule has 2 atom stereocenters. The van der Waals surface area contributed by atoms with Gasteiger partial charge in [0.1, 0.15) is 11.7 Å². The number of thiazole rings is 1. The second-order valence-corrected chi connectivity index (χ2v) is 10.3. The molecule has 1 spiro atoms. The van der Waals surface area contributed by atoms with E-state index in [1.807, 2.05) is 4.90 Å². The van der Waals surface area contributed by atoms with Crippen molar-refractivity contribution in [2.75, 3.05) is 46.5 Å². The molecule has 1 aromatic rings. The first kappa shape index (κ1) is 21.2. The Hall–Kier alpha value is -1.06. The summed E-state index contributed by atoms with van der Waals surface area (Å²) in [5, 5.41) is 1.11. The van der Waals surface area contributed by atoms with Crippen molar-refractivity contribution >= 4 is 17.2 Å². The molecule has 162 valence electrons. The molecule has 8 heteroatoms. The van der Waals surface area contributed by atoms with Crippen LogP contribution >= 0.6 is 11.3 Å². The molecule has 1 amide bonds. The number of ether oxygens (including phenoxy) is 3. The molecule has 4 heterocycles. The number of rotatable bonds is 4. The average Bonchev–Trinajstić information content (AvgIpc) is 3.24. The molecule has 3 fully saturated rings. The summed E-state index contributed by atoms with van der Waals surface area (Å²) in [5.74, 6) is 0.106. The van der Waals surface area contributed by atoms with E-state index in [-0.39, 0.29) is 17.1 Å². The average molecular weight is 424 g/mol. The molecule has 0 bridgehead atoms. The van der Waals surface area contributed by atoms with Gasteiger partial charge in [-0.2, -0.15) is 0 Å². The van der Waals surface area contributed by atoms with E-state index in [1.54, 1.807) is 18.4 Å². The fourth-order valence-corrected chi connectivity index (χ4v) is 5.65. The minimum Gasteiger partial charge on any atom is -0.378 e. The summed E-state index contributed by atoms with van der Waals surface area (Å²) < 4.78 is 17.8. The van der Waals surface area contributed by atoms with Crippen molar-refractivity contribution in [2.24, 2.45) is 0 Å². The first-order valence-corrected chi connectivity index (χ1v) is 11.4. The molecule has 0 aliphatic carbocycles. The summed E-state index contributed by atoms with van der Waals surface area (Å²) >= 11 is 1.77. The minimum atomic E-state index is -0.394. The van der Waals surface area contributed by atoms with E-state index in [1.165, 1.54) is 4.88 Å². The Morgan fingerprint density at radius 1 is 1.31 bits per heavy atom. The van der Waals surface area contributed by atoms with Gasteiger partial charge in [-0.05, 0) is 33.6 Å². The van der Waals surface area contributed by atoms with Crippen LogP contribution in [-0.4, -0.2) is 84.5 Å². The Morgan fingerprint density at radius 3 is 2.72 bits per heavy atom. The van der Waals surface area contributed by atoms with Crippen LogP contribution in [0.5, 0.6) is 0 Å². The van der Waals surface area contributed by atoms with Gasteiger partial charge in [0.25, 0.3) is 5.91 Å². The Balaban J connectivity index is 1.34. The number of morpholine rings is 1. The highest BCUT2D eigenvalue weighted by Gasteiger charge is 2.48. The maximum Gasteiger partial charge on any atom is 0.251 e. The van der Waals surface area contributed by atoms with Crippen molar-refractivity contribution in [1.29, 1.82) is 0 Å². The molecule has 7 nitrogen and oxygen atoms in total. The fourth-order valence-electron chi connectivity index (χ4n) is 4.67. The van der Waals surface area contributed by atoms with E-state index in [0.29, 0.717) is 19.6 Å². The maximum absolute atomic E-state index is 13.0. The van der Waals surface area contributed by atoms with E-state index in [9.17, 15) is 4.79 Å². The number of likely N-dealkylation sites (tertiary alicyclic amines) is 1. The highest BCUT2D eigenvalue weighted by Crippen LogP contribution is 2.34. The number of carbonyl (C=O) groups is 1. The van der Waals surface area contributed by atoms with Gasteiger partial charge in [-0.15, -0.1) is 11.3 Å². The van der Waals surface area contributed by atoms with Crippen LogP contribution in [0.25, 0.3) is 0 Å². The summed E-state index contributed by atoms with van der Waals surface area (Å²) in [6.07, 6.45) is 1.98. The van der Waals surface area contributed by atoms with Gasteiger partial charge < -0.3 is 19.1 Å². The van der Waals surface area contributed by atoms with Crippen LogP contribution < -0.4 is 0 Å². The number of methoxy groups -OCH3 is 1. The minimum absolute atomic E-state index is 0.106. The molecule has 0 unspecified atom stereocenters. The molecule has 0 N–H and O–H groups in total. The zero-order valence-electron chi connectivity index (χ0n) is 18.0. The second kappa shape index (κ2) is 8.23. The quantitative estimate of drug-likeness (QED) is 0.739. The van der Waals surface area contributed by atoms with Crippen LogP contribution in [0.15, 0.2) is 0 Å². The Labute approximate surface area is 177 Å². The second-order valence-electron chi connectivity index (χ2n) is 8.97. The number of nitrogens with zero attached hydrogens (tertiary/aromatic N) is 3. The van der Waals surface area contributed by atoms with Crippen molar-refractivity contribution < 1.29 is 19.0 Å². The molecule has 29 heavy (non-hydrogen) atoms. The highest BCUT2D eigenvalue weighted by molar-refractivity contribution is 7.11. The zero-order chi connectivity index (χ0) is 20.6. The van der Waals surface area contributed by atoms with Gasteiger partial charge in [0.15, 0.2) is 0 Å². The fraction of sp³-hybridized carbons (Fsp3) is 0.810. The molecule has 0 radical (unpaired) electrons. The van der Waals surface area contributed by atoms with E-state index in [0.717, 1.165) is 56.3 Å². The van der Waals surface area contributed by atoms with Gasteiger partial charge in [-0.25, -0.2) is 4.98 Å². The lowest BCUT2D eigenvalue weighted by Crippen LogP contribution is -2.53. The number of carbonyl (C=O) groups excluding carboxylic acids is 1. The van der Waals surface area contributed by atoms with Gasteiger partial charge in [0, 0.05) is 51.1 Å². The molecule has 4 rings (SSSR count). The summed E-state index contributed by atoms with van der Waals surface area (Å²) in [5.41, 5.74) is 0.634. The monoisotopic (exact) mass is 423 g/mol. The van der Waals surface area contributed by atoms with E-state index in [4.69, 9.17) is 14.2 Å². The molecule has 0 aromatic carbocycles.